The summed E-state index contributed by atoms with van der Waals surface area (Å²) in [6.45, 7) is 12.1. The average molecular weight is 385 g/mol. The number of hydrogen-bond acceptors (Lipinski definition) is 4. The molecule has 0 saturated heterocycles. The molecule has 0 unspecified atom stereocenters. The zero-order valence-corrected chi connectivity index (χ0v) is 17.5. The molecule has 2 heterocycles. The minimum atomic E-state index is -1.77. The summed E-state index contributed by atoms with van der Waals surface area (Å²) in [6.07, 6.45) is 1.72. The van der Waals surface area contributed by atoms with E-state index < -0.39 is 8.32 Å². The summed E-state index contributed by atoms with van der Waals surface area (Å²) in [7, 11) is -1.77. The first-order chi connectivity index (χ1) is 11.2. The van der Waals surface area contributed by atoms with Crippen LogP contribution in [0.4, 0.5) is 0 Å². The third-order valence-corrected chi connectivity index (χ3v) is 10.5. The second-order valence-corrected chi connectivity index (χ2v) is 13.4. The molecule has 132 valence electrons. The van der Waals surface area contributed by atoms with Gasteiger partial charge in [-0.3, -0.25) is 9.78 Å². The highest BCUT2D eigenvalue weighted by molar-refractivity contribution is 7.21. The summed E-state index contributed by atoms with van der Waals surface area (Å²) in [5.74, 6) is 0.332. The molecule has 0 radical (unpaired) electrons. The molecule has 2 rings (SSSR count). The number of carbonyl (C=O) groups is 1. The highest BCUT2D eigenvalue weighted by Gasteiger charge is 2.36. The third kappa shape index (κ3) is 4.36. The van der Waals surface area contributed by atoms with E-state index in [0.29, 0.717) is 23.9 Å². The van der Waals surface area contributed by atoms with E-state index in [4.69, 9.17) is 16.0 Å². The molecule has 2 aromatic heterocycles. The molecule has 0 spiro atoms. The number of halogens is 1. The Hall–Kier alpha value is -0.953. The maximum absolute atomic E-state index is 12.3. The number of nitrogens with zero attached hydrogens (tertiary/aromatic N) is 1. The number of fused-ring (bicyclic) bond motifs is 1. The minimum Gasteiger partial charge on any atom is -0.415 e. The van der Waals surface area contributed by atoms with Crippen LogP contribution in [0.15, 0.2) is 18.3 Å². The van der Waals surface area contributed by atoms with Crippen molar-refractivity contribution in [3.8, 4) is 0 Å². The smallest absolute Gasteiger partial charge is 0.261 e. The first kappa shape index (κ1) is 19.4. The van der Waals surface area contributed by atoms with Crippen LogP contribution in [0.25, 0.3) is 10.2 Å². The van der Waals surface area contributed by atoms with Crippen LogP contribution in [0, 0.1) is 0 Å². The van der Waals surface area contributed by atoms with E-state index in [9.17, 15) is 4.79 Å². The molecule has 0 fully saturated rings. The lowest BCUT2D eigenvalue weighted by atomic mass is 10.2. The van der Waals surface area contributed by atoms with Crippen molar-refractivity contribution in [1.29, 1.82) is 0 Å². The third-order valence-electron chi connectivity index (χ3n) is 4.52. The number of alkyl halides is 1. The van der Waals surface area contributed by atoms with Crippen LogP contribution >= 0.6 is 22.9 Å². The van der Waals surface area contributed by atoms with Crippen molar-refractivity contribution in [3.63, 3.8) is 0 Å². The largest absolute Gasteiger partial charge is 0.415 e. The van der Waals surface area contributed by atoms with Gasteiger partial charge >= 0.3 is 0 Å². The molecule has 0 bridgehead atoms. The van der Waals surface area contributed by atoms with E-state index >= 15 is 0 Å². The number of carbonyl (C=O) groups excluding carboxylic acids is 1. The molecular weight excluding hydrogens is 360 g/mol. The van der Waals surface area contributed by atoms with Gasteiger partial charge in [-0.2, -0.15) is 0 Å². The molecule has 0 aliphatic carbocycles. The average Bonchev–Trinajstić information content (AvgIpc) is 2.94. The van der Waals surface area contributed by atoms with Crippen LogP contribution in [0.2, 0.25) is 18.1 Å². The Kier molecular flexibility index (Phi) is 6.07. The van der Waals surface area contributed by atoms with Gasteiger partial charge in [0, 0.05) is 18.6 Å². The number of rotatable bonds is 6. The van der Waals surface area contributed by atoms with E-state index in [1.54, 1.807) is 6.20 Å². The van der Waals surface area contributed by atoms with Gasteiger partial charge in [0.15, 0.2) is 8.32 Å². The van der Waals surface area contributed by atoms with Gasteiger partial charge in [0.05, 0.1) is 21.7 Å². The van der Waals surface area contributed by atoms with Gasteiger partial charge in [-0.15, -0.1) is 22.9 Å². The molecule has 0 saturated carbocycles. The molecule has 1 N–H and O–H groups in total. The minimum absolute atomic E-state index is 0.0858. The molecule has 0 atom stereocenters. The molecule has 24 heavy (non-hydrogen) atoms. The predicted molar refractivity (Wildman–Crippen MR) is 105 cm³/mol. The van der Waals surface area contributed by atoms with Crippen molar-refractivity contribution in [2.45, 2.75) is 44.8 Å². The highest BCUT2D eigenvalue weighted by atomic mass is 35.5. The Bertz CT molecular complexity index is 725. The van der Waals surface area contributed by atoms with Crippen molar-refractivity contribution < 1.29 is 9.22 Å². The first-order valence-electron chi connectivity index (χ1n) is 8.01. The quantitative estimate of drug-likeness (QED) is 0.442. The van der Waals surface area contributed by atoms with E-state index in [1.807, 2.05) is 12.1 Å². The summed E-state index contributed by atoms with van der Waals surface area (Å²) in [5, 5.41) is 3.10. The van der Waals surface area contributed by atoms with Crippen molar-refractivity contribution in [3.05, 3.63) is 28.8 Å². The van der Waals surface area contributed by atoms with Gasteiger partial charge in [-0.05, 0) is 35.8 Å². The van der Waals surface area contributed by atoms with Crippen molar-refractivity contribution in [1.82, 2.24) is 10.3 Å². The van der Waals surface area contributed by atoms with E-state index in [1.165, 1.54) is 11.3 Å². The van der Waals surface area contributed by atoms with Crippen LogP contribution in [0.5, 0.6) is 0 Å². The lowest BCUT2D eigenvalue weighted by molar-refractivity contribution is 0.0950. The fourth-order valence-corrected chi connectivity index (χ4v) is 4.37. The molecular formula is C17H25ClN2O2SSi. The first-order valence-corrected chi connectivity index (χ1v) is 12.3. The topological polar surface area (TPSA) is 51.2 Å². The van der Waals surface area contributed by atoms with Crippen LogP contribution in [0.1, 0.15) is 36.0 Å². The van der Waals surface area contributed by atoms with Gasteiger partial charge in [0.25, 0.3) is 5.91 Å². The molecule has 0 aromatic carbocycles. The number of amides is 1. The second kappa shape index (κ2) is 7.52. The summed E-state index contributed by atoms with van der Waals surface area (Å²) in [6, 6.07) is 3.71. The molecule has 0 aliphatic heterocycles. The van der Waals surface area contributed by atoms with E-state index in [0.717, 1.165) is 15.8 Å². The number of hydrogen-bond donors (Lipinski definition) is 1. The highest BCUT2D eigenvalue weighted by Crippen LogP contribution is 2.36. The number of aromatic nitrogens is 1. The van der Waals surface area contributed by atoms with Crippen molar-refractivity contribution in [2.24, 2.45) is 0 Å². The number of pyridine rings is 1. The van der Waals surface area contributed by atoms with Crippen LogP contribution < -0.4 is 5.32 Å². The van der Waals surface area contributed by atoms with Gasteiger partial charge < -0.3 is 9.74 Å². The Balaban J connectivity index is 1.94. The standard InChI is InChI=1S/C17H25ClN2O2SSi/c1-17(2,3)24(4,5)22-9-8-20-16(21)14-10-13-15(23-14)12(11-18)6-7-19-13/h6-7,10H,8-9,11H2,1-5H3,(H,20,21). The predicted octanol–water partition coefficient (Wildman–Crippen LogP) is 4.79. The van der Waals surface area contributed by atoms with Crippen LogP contribution in [-0.2, 0) is 10.3 Å². The molecule has 0 aliphatic rings. The Morgan fingerprint density at radius 2 is 2.12 bits per heavy atom. The molecule has 4 nitrogen and oxygen atoms in total. The monoisotopic (exact) mass is 384 g/mol. The van der Waals surface area contributed by atoms with Crippen molar-refractivity contribution in [2.75, 3.05) is 13.2 Å². The summed E-state index contributed by atoms with van der Waals surface area (Å²) < 4.78 is 7.06. The van der Waals surface area contributed by atoms with Crippen LogP contribution in [-0.4, -0.2) is 32.4 Å². The normalized spacial score (nSPS) is 12.6. The number of nitrogens with one attached hydrogen (secondary N) is 1. The maximum atomic E-state index is 12.3. The van der Waals surface area contributed by atoms with Crippen LogP contribution in [0.3, 0.4) is 0 Å². The summed E-state index contributed by atoms with van der Waals surface area (Å²) in [4.78, 5) is 17.3. The van der Waals surface area contributed by atoms with E-state index in [-0.39, 0.29) is 10.9 Å². The fraction of sp³-hybridized carbons (Fsp3) is 0.529. The Morgan fingerprint density at radius 3 is 2.75 bits per heavy atom. The molecule has 1 amide bonds. The zero-order valence-electron chi connectivity index (χ0n) is 14.9. The van der Waals surface area contributed by atoms with Gasteiger partial charge in [0.1, 0.15) is 0 Å². The Labute approximate surface area is 153 Å². The summed E-state index contributed by atoms with van der Waals surface area (Å²) >= 11 is 7.38. The van der Waals surface area contributed by atoms with E-state index in [2.05, 4.69) is 44.2 Å². The SMILES string of the molecule is CC(C)(C)[Si](C)(C)OCCNC(=O)c1cc2nccc(CCl)c2s1. The number of thiophene rings is 1. The van der Waals surface area contributed by atoms with Gasteiger partial charge in [-0.1, -0.05) is 20.8 Å². The van der Waals surface area contributed by atoms with Gasteiger partial charge in [0.2, 0.25) is 0 Å². The molecule has 7 heteroatoms. The maximum Gasteiger partial charge on any atom is 0.261 e. The fourth-order valence-electron chi connectivity index (χ4n) is 1.98. The lowest BCUT2D eigenvalue weighted by Gasteiger charge is -2.36. The lowest BCUT2D eigenvalue weighted by Crippen LogP contribution is -2.42. The zero-order chi connectivity index (χ0) is 18.0. The summed E-state index contributed by atoms with van der Waals surface area (Å²) in [5.41, 5.74) is 1.83. The molecule has 2 aromatic rings. The second-order valence-electron chi connectivity index (χ2n) is 7.29. The van der Waals surface area contributed by atoms with Crippen molar-refractivity contribution >= 4 is 47.4 Å². The Morgan fingerprint density at radius 1 is 1.42 bits per heavy atom. The van der Waals surface area contributed by atoms with Gasteiger partial charge in [-0.25, -0.2) is 0 Å².